The highest BCUT2D eigenvalue weighted by Gasteiger charge is 2.18. The smallest absolute Gasteiger partial charge is 0.264 e. The molecule has 0 aliphatic heterocycles. The number of rotatable bonds is 3. The number of ketones is 1. The summed E-state index contributed by atoms with van der Waals surface area (Å²) in [6.07, 6.45) is -2.35. The molecule has 80 valence electrons. The fourth-order valence-electron chi connectivity index (χ4n) is 1.19. The van der Waals surface area contributed by atoms with E-state index in [-0.39, 0.29) is 20.5 Å². The van der Waals surface area contributed by atoms with Crippen LogP contribution in [0.15, 0.2) is 12.1 Å². The van der Waals surface area contributed by atoms with Gasteiger partial charge in [0.1, 0.15) is 0 Å². The van der Waals surface area contributed by atoms with Crippen molar-refractivity contribution in [2.45, 2.75) is 13.3 Å². The Balaban J connectivity index is 3.45. The van der Waals surface area contributed by atoms with Crippen LogP contribution in [0.3, 0.4) is 0 Å². The molecule has 0 aromatic heterocycles. The van der Waals surface area contributed by atoms with Crippen molar-refractivity contribution in [3.8, 4) is 0 Å². The van der Waals surface area contributed by atoms with Crippen molar-refractivity contribution in [3.05, 3.63) is 32.4 Å². The van der Waals surface area contributed by atoms with E-state index in [9.17, 15) is 18.4 Å². The number of alkyl halides is 2. The predicted molar refractivity (Wildman–Crippen MR) is 59.5 cm³/mol. The Morgan fingerprint density at radius 2 is 2.07 bits per heavy atom. The Bertz CT molecular complexity index is 416. The lowest BCUT2D eigenvalue weighted by Gasteiger charge is -2.08. The van der Waals surface area contributed by atoms with Crippen LogP contribution in [0.4, 0.5) is 8.78 Å². The molecular formula is C10H7F2IO2. The summed E-state index contributed by atoms with van der Waals surface area (Å²) >= 11 is 1.73. The van der Waals surface area contributed by atoms with Crippen molar-refractivity contribution in [3.63, 3.8) is 0 Å². The first-order valence-corrected chi connectivity index (χ1v) is 5.13. The van der Waals surface area contributed by atoms with Gasteiger partial charge in [0.15, 0.2) is 12.1 Å². The van der Waals surface area contributed by atoms with Crippen molar-refractivity contribution in [1.82, 2.24) is 0 Å². The van der Waals surface area contributed by atoms with E-state index in [1.165, 1.54) is 13.0 Å². The molecule has 0 atom stereocenters. The zero-order valence-corrected chi connectivity index (χ0v) is 9.92. The van der Waals surface area contributed by atoms with Crippen molar-refractivity contribution >= 4 is 34.7 Å². The highest BCUT2D eigenvalue weighted by Crippen LogP contribution is 2.27. The van der Waals surface area contributed by atoms with Crippen LogP contribution >= 0.6 is 22.6 Å². The van der Waals surface area contributed by atoms with Crippen LogP contribution in [0, 0.1) is 3.57 Å². The number of carbonyl (C=O) groups excluding carboxylic acids is 2. The molecule has 2 nitrogen and oxygen atoms in total. The summed E-state index contributed by atoms with van der Waals surface area (Å²) in [5.41, 5.74) is -0.139. The van der Waals surface area contributed by atoms with Gasteiger partial charge in [-0.15, -0.1) is 0 Å². The Labute approximate surface area is 98.8 Å². The molecule has 0 unspecified atom stereocenters. The number of Topliss-reactive ketones (excluding diaryl/α,β-unsaturated/α-hetero) is 1. The van der Waals surface area contributed by atoms with Gasteiger partial charge in [0, 0.05) is 20.3 Å². The quantitative estimate of drug-likeness (QED) is 0.486. The summed E-state index contributed by atoms with van der Waals surface area (Å²) in [6, 6.07) is 2.44. The number of aldehydes is 1. The maximum atomic E-state index is 12.5. The Hall–Kier alpha value is -0.850. The second-order valence-electron chi connectivity index (χ2n) is 2.90. The fraction of sp³-hybridized carbons (Fsp3) is 0.200. The lowest BCUT2D eigenvalue weighted by molar-refractivity contribution is 0.101. The van der Waals surface area contributed by atoms with Gasteiger partial charge >= 0.3 is 0 Å². The van der Waals surface area contributed by atoms with Crippen LogP contribution in [0.25, 0.3) is 0 Å². The van der Waals surface area contributed by atoms with E-state index < -0.39 is 6.43 Å². The molecule has 0 saturated heterocycles. The number of halogens is 3. The lowest BCUT2D eigenvalue weighted by atomic mass is 10.0. The van der Waals surface area contributed by atoms with E-state index in [0.29, 0.717) is 11.8 Å². The molecule has 1 aromatic carbocycles. The van der Waals surface area contributed by atoms with E-state index in [0.717, 1.165) is 6.07 Å². The largest absolute Gasteiger partial charge is 0.298 e. The molecule has 1 aromatic rings. The average Bonchev–Trinajstić information content (AvgIpc) is 2.16. The van der Waals surface area contributed by atoms with E-state index in [2.05, 4.69) is 0 Å². The number of hydrogen-bond donors (Lipinski definition) is 0. The van der Waals surface area contributed by atoms with Crippen LogP contribution < -0.4 is 0 Å². The Kier molecular flexibility index (Phi) is 3.90. The van der Waals surface area contributed by atoms with E-state index >= 15 is 0 Å². The lowest BCUT2D eigenvalue weighted by Crippen LogP contribution is -2.04. The van der Waals surface area contributed by atoms with Gasteiger partial charge in [-0.2, -0.15) is 0 Å². The monoisotopic (exact) mass is 324 g/mol. The first-order valence-electron chi connectivity index (χ1n) is 4.05. The third kappa shape index (κ3) is 2.39. The molecule has 0 amide bonds. The summed E-state index contributed by atoms with van der Waals surface area (Å²) < 4.78 is 25.2. The normalized spacial score (nSPS) is 10.5. The van der Waals surface area contributed by atoms with Crippen LogP contribution in [0.2, 0.25) is 0 Å². The topological polar surface area (TPSA) is 34.1 Å². The van der Waals surface area contributed by atoms with E-state index in [4.69, 9.17) is 0 Å². The molecule has 0 fully saturated rings. The standard InChI is InChI=1S/C10H7F2IO2/c1-5(15)6-2-3-7(10(11)12)8(4-14)9(6)13/h2-4,10H,1H3. The number of carbonyl (C=O) groups is 2. The SMILES string of the molecule is CC(=O)c1ccc(C(F)F)c(C=O)c1I. The Morgan fingerprint density at radius 3 is 2.47 bits per heavy atom. The Morgan fingerprint density at radius 1 is 1.47 bits per heavy atom. The van der Waals surface area contributed by atoms with Gasteiger partial charge in [0.25, 0.3) is 6.43 Å². The van der Waals surface area contributed by atoms with Gasteiger partial charge in [-0.25, -0.2) is 8.78 Å². The zero-order chi connectivity index (χ0) is 11.6. The molecule has 0 saturated carbocycles. The highest BCUT2D eigenvalue weighted by atomic mass is 127. The zero-order valence-electron chi connectivity index (χ0n) is 7.76. The molecule has 15 heavy (non-hydrogen) atoms. The molecule has 0 N–H and O–H groups in total. The highest BCUT2D eigenvalue weighted by molar-refractivity contribution is 14.1. The second-order valence-corrected chi connectivity index (χ2v) is 3.98. The molecule has 0 aliphatic rings. The van der Waals surface area contributed by atoms with E-state index in [1.807, 2.05) is 0 Å². The molecule has 0 radical (unpaired) electrons. The van der Waals surface area contributed by atoms with E-state index in [1.54, 1.807) is 22.6 Å². The van der Waals surface area contributed by atoms with Crippen molar-refractivity contribution in [2.24, 2.45) is 0 Å². The van der Waals surface area contributed by atoms with Crippen molar-refractivity contribution < 1.29 is 18.4 Å². The van der Waals surface area contributed by atoms with Gasteiger partial charge in [0.2, 0.25) is 0 Å². The van der Waals surface area contributed by atoms with Gasteiger partial charge in [-0.1, -0.05) is 6.07 Å². The molecular weight excluding hydrogens is 317 g/mol. The maximum Gasteiger partial charge on any atom is 0.264 e. The van der Waals surface area contributed by atoms with Crippen LogP contribution in [-0.4, -0.2) is 12.1 Å². The van der Waals surface area contributed by atoms with Crippen LogP contribution in [-0.2, 0) is 0 Å². The summed E-state index contributed by atoms with van der Waals surface area (Å²) in [5, 5.41) is 0. The second kappa shape index (κ2) is 4.78. The summed E-state index contributed by atoms with van der Waals surface area (Å²) in [7, 11) is 0. The first kappa shape index (κ1) is 12.2. The summed E-state index contributed by atoms with van der Waals surface area (Å²) in [6.45, 7) is 1.33. The first-order chi connectivity index (χ1) is 6.99. The van der Waals surface area contributed by atoms with Crippen molar-refractivity contribution in [2.75, 3.05) is 0 Å². The van der Waals surface area contributed by atoms with Crippen LogP contribution in [0.1, 0.15) is 39.6 Å². The summed E-state index contributed by atoms with van der Waals surface area (Å²) in [4.78, 5) is 21.8. The van der Waals surface area contributed by atoms with Crippen LogP contribution in [0.5, 0.6) is 0 Å². The minimum Gasteiger partial charge on any atom is -0.298 e. The maximum absolute atomic E-state index is 12.5. The van der Waals surface area contributed by atoms with Gasteiger partial charge < -0.3 is 0 Å². The minimum atomic E-state index is -2.71. The van der Waals surface area contributed by atoms with Gasteiger partial charge in [-0.3, -0.25) is 9.59 Å². The molecule has 0 bridgehead atoms. The third-order valence-corrected chi connectivity index (χ3v) is 3.11. The molecule has 0 heterocycles. The summed E-state index contributed by atoms with van der Waals surface area (Å²) in [5.74, 6) is -0.247. The van der Waals surface area contributed by atoms with Gasteiger partial charge in [-0.05, 0) is 35.6 Å². The molecule has 0 aliphatic carbocycles. The fourth-order valence-corrected chi connectivity index (χ4v) is 2.19. The third-order valence-electron chi connectivity index (χ3n) is 1.95. The minimum absolute atomic E-state index is 0.0988. The molecule has 0 spiro atoms. The van der Waals surface area contributed by atoms with Crippen molar-refractivity contribution in [1.29, 1.82) is 0 Å². The number of benzene rings is 1. The number of hydrogen-bond acceptors (Lipinski definition) is 2. The molecule has 5 heteroatoms. The average molecular weight is 324 g/mol. The predicted octanol–water partition coefficient (Wildman–Crippen LogP) is 3.24. The van der Waals surface area contributed by atoms with Gasteiger partial charge in [0.05, 0.1) is 0 Å². The molecule has 1 rings (SSSR count).